The number of fused-ring (bicyclic) bond motifs is 4. The first-order chi connectivity index (χ1) is 29.8. The molecule has 1 aromatic heterocycles. The van der Waals surface area contributed by atoms with E-state index in [1.165, 1.54) is 55.3 Å². The monoisotopic (exact) mass is 765 g/mol. The zero-order chi connectivity index (χ0) is 39.8. The lowest BCUT2D eigenvalue weighted by Gasteiger charge is -2.29. The van der Waals surface area contributed by atoms with Gasteiger partial charge in [0.2, 0.25) is 0 Å². The minimum absolute atomic E-state index is 0.872. The van der Waals surface area contributed by atoms with E-state index in [4.69, 9.17) is 4.42 Å². The molecule has 0 radical (unpaired) electrons. The number of anilines is 3. The van der Waals surface area contributed by atoms with Crippen LogP contribution in [0, 0.1) is 0 Å². The van der Waals surface area contributed by atoms with Crippen LogP contribution in [0.5, 0.6) is 0 Å². The molecule has 2 heteroatoms. The van der Waals surface area contributed by atoms with Gasteiger partial charge in [-0.15, -0.1) is 0 Å². The van der Waals surface area contributed by atoms with Gasteiger partial charge in [0.25, 0.3) is 0 Å². The van der Waals surface area contributed by atoms with E-state index in [1.54, 1.807) is 0 Å². The van der Waals surface area contributed by atoms with Gasteiger partial charge >= 0.3 is 0 Å². The lowest BCUT2D eigenvalue weighted by molar-refractivity contribution is 0.669. The van der Waals surface area contributed by atoms with Crippen molar-refractivity contribution in [3.63, 3.8) is 0 Å². The second-order valence-electron chi connectivity index (χ2n) is 15.2. The van der Waals surface area contributed by atoms with Crippen molar-refractivity contribution in [1.29, 1.82) is 0 Å². The smallest absolute Gasteiger partial charge is 0.135 e. The second-order valence-corrected chi connectivity index (χ2v) is 15.2. The first-order valence-corrected chi connectivity index (χ1v) is 20.5. The highest BCUT2D eigenvalue weighted by molar-refractivity contribution is 6.07. The van der Waals surface area contributed by atoms with Crippen molar-refractivity contribution in [3.05, 3.63) is 237 Å². The fraction of sp³-hybridized carbons (Fsp3) is 0. The summed E-state index contributed by atoms with van der Waals surface area (Å²) in [6.07, 6.45) is 0. The van der Waals surface area contributed by atoms with Gasteiger partial charge in [0.05, 0.1) is 5.69 Å². The van der Waals surface area contributed by atoms with Gasteiger partial charge in [-0.25, -0.2) is 0 Å². The topological polar surface area (TPSA) is 16.4 Å². The van der Waals surface area contributed by atoms with Crippen molar-refractivity contribution in [2.45, 2.75) is 0 Å². The van der Waals surface area contributed by atoms with Gasteiger partial charge in [0, 0.05) is 27.7 Å². The van der Waals surface area contributed by atoms with Crippen LogP contribution in [0.2, 0.25) is 0 Å². The fourth-order valence-corrected chi connectivity index (χ4v) is 8.84. The van der Waals surface area contributed by atoms with Crippen molar-refractivity contribution in [3.8, 4) is 55.6 Å². The fourth-order valence-electron chi connectivity index (χ4n) is 8.84. The average molecular weight is 766 g/mol. The van der Waals surface area contributed by atoms with Gasteiger partial charge < -0.3 is 9.32 Å². The molecular weight excluding hydrogens is 727 g/mol. The molecule has 282 valence electrons. The van der Waals surface area contributed by atoms with E-state index < -0.39 is 0 Å². The number of furan rings is 1. The molecule has 0 saturated heterocycles. The molecular formula is C58H39NO. The summed E-state index contributed by atoms with van der Waals surface area (Å²) in [5, 5.41) is 4.67. The number of para-hydroxylation sites is 2. The number of rotatable bonds is 8. The molecule has 0 aliphatic heterocycles. The van der Waals surface area contributed by atoms with E-state index in [2.05, 4.69) is 229 Å². The summed E-state index contributed by atoms with van der Waals surface area (Å²) < 4.78 is 6.33. The van der Waals surface area contributed by atoms with E-state index in [0.29, 0.717) is 0 Å². The SMILES string of the molecule is c1ccc(-c2ccc(-c3ccccc3)c(-c3ccccc3-c3ccccc3N(c3ccc(-c4cccc5ccccc45)cc3)c3ccc4oc5ccccc5c4c3)c2)cc1. The Hall–Kier alpha value is -7.94. The molecule has 0 bridgehead atoms. The molecule has 0 fully saturated rings. The summed E-state index contributed by atoms with van der Waals surface area (Å²) in [5.74, 6) is 0. The van der Waals surface area contributed by atoms with E-state index >= 15 is 0 Å². The van der Waals surface area contributed by atoms with Crippen LogP contribution in [0.25, 0.3) is 88.3 Å². The summed E-state index contributed by atoms with van der Waals surface area (Å²) in [4.78, 5) is 2.40. The minimum atomic E-state index is 0.872. The van der Waals surface area contributed by atoms with Crippen LogP contribution in [0.1, 0.15) is 0 Å². The van der Waals surface area contributed by atoms with Crippen LogP contribution in [0.4, 0.5) is 17.1 Å². The van der Waals surface area contributed by atoms with Gasteiger partial charge in [-0.05, 0) is 109 Å². The van der Waals surface area contributed by atoms with Crippen molar-refractivity contribution < 1.29 is 4.42 Å². The van der Waals surface area contributed by atoms with Gasteiger partial charge in [0.15, 0.2) is 0 Å². The lowest BCUT2D eigenvalue weighted by atomic mass is 9.87. The Kier molecular flexibility index (Phi) is 8.87. The third-order valence-electron chi connectivity index (χ3n) is 11.7. The van der Waals surface area contributed by atoms with Crippen molar-refractivity contribution in [2.75, 3.05) is 4.90 Å². The minimum Gasteiger partial charge on any atom is -0.456 e. The van der Waals surface area contributed by atoms with E-state index in [1.807, 2.05) is 12.1 Å². The van der Waals surface area contributed by atoms with Crippen LogP contribution >= 0.6 is 0 Å². The standard InChI is InChI=1S/C58H39NO/c1-3-16-40(17-4-1)44-32-36-49(41-18-5-2-6-19-41)54(38-44)51-24-10-9-23-50(51)52-25-11-13-28-56(52)59(46-35-37-58-55(39-46)53-26-12-14-29-57(53)60-58)45-33-30-43(31-34-45)48-27-15-21-42-20-7-8-22-47(42)48/h1-39H. The first kappa shape index (κ1) is 35.2. The van der Waals surface area contributed by atoms with E-state index in [-0.39, 0.29) is 0 Å². The highest BCUT2D eigenvalue weighted by Gasteiger charge is 2.22. The Morgan fingerprint density at radius 1 is 0.267 bits per heavy atom. The third kappa shape index (κ3) is 6.32. The molecule has 60 heavy (non-hydrogen) atoms. The van der Waals surface area contributed by atoms with Gasteiger partial charge in [-0.1, -0.05) is 188 Å². The summed E-state index contributed by atoms with van der Waals surface area (Å²) in [6.45, 7) is 0. The number of nitrogens with zero attached hydrogens (tertiary/aromatic N) is 1. The van der Waals surface area contributed by atoms with E-state index in [0.717, 1.165) is 50.1 Å². The molecule has 0 unspecified atom stereocenters. The highest BCUT2D eigenvalue weighted by Crippen LogP contribution is 2.47. The second kappa shape index (κ2) is 15.1. The number of benzene rings is 10. The maximum absolute atomic E-state index is 6.33. The number of hydrogen-bond acceptors (Lipinski definition) is 2. The first-order valence-electron chi connectivity index (χ1n) is 20.5. The molecule has 0 N–H and O–H groups in total. The van der Waals surface area contributed by atoms with Crippen LogP contribution < -0.4 is 4.90 Å². The summed E-state index contributed by atoms with van der Waals surface area (Å²) >= 11 is 0. The zero-order valence-corrected chi connectivity index (χ0v) is 32.9. The molecule has 10 aromatic carbocycles. The molecule has 0 atom stereocenters. The summed E-state index contributed by atoms with van der Waals surface area (Å²) in [6, 6.07) is 85.0. The van der Waals surface area contributed by atoms with Crippen LogP contribution in [0.15, 0.2) is 241 Å². The van der Waals surface area contributed by atoms with Gasteiger partial charge in [-0.2, -0.15) is 0 Å². The van der Waals surface area contributed by atoms with Crippen molar-refractivity contribution in [2.24, 2.45) is 0 Å². The molecule has 0 aliphatic carbocycles. The summed E-state index contributed by atoms with van der Waals surface area (Å²) in [7, 11) is 0. The molecule has 2 nitrogen and oxygen atoms in total. The Bertz CT molecular complexity index is 3300. The average Bonchev–Trinajstić information content (AvgIpc) is 3.70. The number of hydrogen-bond donors (Lipinski definition) is 0. The van der Waals surface area contributed by atoms with Crippen molar-refractivity contribution in [1.82, 2.24) is 0 Å². The largest absolute Gasteiger partial charge is 0.456 e. The van der Waals surface area contributed by atoms with Gasteiger partial charge in [0.1, 0.15) is 11.2 Å². The Labute approximate surface area is 349 Å². The molecule has 0 saturated carbocycles. The molecule has 0 spiro atoms. The van der Waals surface area contributed by atoms with E-state index in [9.17, 15) is 0 Å². The van der Waals surface area contributed by atoms with Crippen molar-refractivity contribution >= 4 is 49.8 Å². The van der Waals surface area contributed by atoms with Gasteiger partial charge in [-0.3, -0.25) is 0 Å². The maximum Gasteiger partial charge on any atom is 0.135 e. The van der Waals surface area contributed by atoms with Crippen LogP contribution in [0.3, 0.4) is 0 Å². The zero-order valence-electron chi connectivity index (χ0n) is 32.9. The maximum atomic E-state index is 6.33. The van der Waals surface area contributed by atoms with Crippen LogP contribution in [-0.4, -0.2) is 0 Å². The summed E-state index contributed by atoms with van der Waals surface area (Å²) in [5.41, 5.74) is 16.7. The molecule has 0 amide bonds. The molecule has 11 rings (SSSR count). The Morgan fingerprint density at radius 3 is 1.62 bits per heavy atom. The quantitative estimate of drug-likeness (QED) is 0.153. The molecule has 1 heterocycles. The highest BCUT2D eigenvalue weighted by atomic mass is 16.3. The predicted octanol–water partition coefficient (Wildman–Crippen LogP) is 16.5. The lowest BCUT2D eigenvalue weighted by Crippen LogP contribution is -2.11. The molecule has 0 aliphatic rings. The Balaban J connectivity index is 1.12. The normalized spacial score (nSPS) is 11.3. The molecule has 11 aromatic rings. The van der Waals surface area contributed by atoms with Crippen LogP contribution in [-0.2, 0) is 0 Å². The predicted molar refractivity (Wildman–Crippen MR) is 253 cm³/mol. The Morgan fingerprint density at radius 2 is 0.817 bits per heavy atom. The third-order valence-corrected chi connectivity index (χ3v) is 11.7.